The lowest BCUT2D eigenvalue weighted by molar-refractivity contribution is -0.138. The first-order chi connectivity index (χ1) is 11.6. The van der Waals surface area contributed by atoms with Gasteiger partial charge in [0.15, 0.2) is 0 Å². The molecule has 1 heterocycles. The van der Waals surface area contributed by atoms with E-state index < -0.39 is 0 Å². The van der Waals surface area contributed by atoms with Crippen molar-refractivity contribution in [1.82, 2.24) is 4.90 Å². The highest BCUT2D eigenvalue weighted by atomic mass is 32.2. The van der Waals surface area contributed by atoms with E-state index >= 15 is 0 Å². The van der Waals surface area contributed by atoms with Gasteiger partial charge in [-0.05, 0) is 30.4 Å². The Labute approximate surface area is 146 Å². The number of anilines is 1. The Kier molecular flexibility index (Phi) is 7.08. The Balaban J connectivity index is 2.01. The second kappa shape index (κ2) is 9.05. The Morgan fingerprint density at radius 3 is 2.96 bits per heavy atom. The van der Waals surface area contributed by atoms with E-state index in [1.807, 2.05) is 19.2 Å². The number of ether oxygens (including phenoxy) is 1. The number of aliphatic hydroxyl groups is 1. The van der Waals surface area contributed by atoms with Crippen LogP contribution in [0.15, 0.2) is 18.2 Å². The average Bonchev–Trinajstić information content (AvgIpc) is 2.57. The van der Waals surface area contributed by atoms with E-state index in [1.54, 1.807) is 17.0 Å². The number of hydrogen-bond acceptors (Lipinski definition) is 5. The van der Waals surface area contributed by atoms with Gasteiger partial charge >= 0.3 is 0 Å². The van der Waals surface area contributed by atoms with Crippen molar-refractivity contribution >= 4 is 29.3 Å². The third-order valence-corrected chi connectivity index (χ3v) is 4.66. The zero-order chi connectivity index (χ0) is 17.5. The van der Waals surface area contributed by atoms with Gasteiger partial charge in [0, 0.05) is 18.7 Å². The highest BCUT2D eigenvalue weighted by Gasteiger charge is 2.28. The molecule has 0 radical (unpaired) electrons. The molecule has 1 aliphatic heterocycles. The van der Waals surface area contributed by atoms with Crippen LogP contribution in [0.25, 0.3) is 0 Å². The summed E-state index contributed by atoms with van der Waals surface area (Å²) < 4.78 is 5.44. The van der Waals surface area contributed by atoms with Crippen molar-refractivity contribution in [3.8, 4) is 0 Å². The summed E-state index contributed by atoms with van der Waals surface area (Å²) in [6.45, 7) is 3.21. The van der Waals surface area contributed by atoms with Crippen molar-refractivity contribution in [3.05, 3.63) is 29.3 Å². The summed E-state index contributed by atoms with van der Waals surface area (Å²) in [6.07, 6.45) is 2.08. The van der Waals surface area contributed by atoms with E-state index in [0.717, 1.165) is 11.1 Å². The maximum absolute atomic E-state index is 12.4. The van der Waals surface area contributed by atoms with Crippen LogP contribution in [-0.4, -0.2) is 59.6 Å². The number of aliphatic hydroxyl groups excluding tert-OH is 1. The van der Waals surface area contributed by atoms with E-state index in [0.29, 0.717) is 31.2 Å². The van der Waals surface area contributed by atoms with Gasteiger partial charge in [-0.15, -0.1) is 0 Å². The summed E-state index contributed by atoms with van der Waals surface area (Å²) in [6, 6.07) is 5.19. The van der Waals surface area contributed by atoms with Crippen molar-refractivity contribution in [3.63, 3.8) is 0 Å². The summed E-state index contributed by atoms with van der Waals surface area (Å²) in [5.41, 5.74) is 2.32. The highest BCUT2D eigenvalue weighted by molar-refractivity contribution is 7.99. The van der Waals surface area contributed by atoms with Gasteiger partial charge in [-0.2, -0.15) is 11.8 Å². The second-order valence-electron chi connectivity index (χ2n) is 5.75. The maximum Gasteiger partial charge on any atom is 0.232 e. The topological polar surface area (TPSA) is 78.9 Å². The lowest BCUT2D eigenvalue weighted by Gasteiger charge is -2.35. The number of benzene rings is 1. The molecule has 0 unspecified atom stereocenters. The van der Waals surface area contributed by atoms with Crippen LogP contribution in [-0.2, 0) is 20.9 Å². The number of carbonyl (C=O) groups excluding carboxylic acids is 2. The molecule has 1 aromatic carbocycles. The van der Waals surface area contributed by atoms with Crippen LogP contribution in [0.4, 0.5) is 5.69 Å². The summed E-state index contributed by atoms with van der Waals surface area (Å²) in [4.78, 5) is 26.3. The van der Waals surface area contributed by atoms with E-state index in [2.05, 4.69) is 5.32 Å². The first-order valence-corrected chi connectivity index (χ1v) is 9.31. The predicted molar refractivity (Wildman–Crippen MR) is 95.1 cm³/mol. The molecular weight excluding hydrogens is 328 g/mol. The predicted octanol–water partition coefficient (Wildman–Crippen LogP) is 1.41. The molecule has 7 heteroatoms. The van der Waals surface area contributed by atoms with Crippen molar-refractivity contribution in [2.45, 2.75) is 26.0 Å². The van der Waals surface area contributed by atoms with Crippen LogP contribution in [0.2, 0.25) is 0 Å². The summed E-state index contributed by atoms with van der Waals surface area (Å²) in [5, 5.41) is 12.2. The molecule has 0 bridgehead atoms. The number of hydrogen-bond donors (Lipinski definition) is 2. The normalized spacial score (nSPS) is 17.6. The molecule has 132 valence electrons. The standard InChI is InChI=1S/C17H24N2O4S/c1-12-13(9-20)4-3-5-15(12)18-16(21)8-14-10-23-7-6-19(14)17(22)11-24-2/h3-5,14,20H,6-11H2,1-2H3,(H,18,21)/t14-/m1/s1. The largest absolute Gasteiger partial charge is 0.392 e. The van der Waals surface area contributed by atoms with Crippen LogP contribution in [0, 0.1) is 6.92 Å². The quantitative estimate of drug-likeness (QED) is 0.809. The van der Waals surface area contributed by atoms with E-state index in [1.165, 1.54) is 11.8 Å². The molecule has 24 heavy (non-hydrogen) atoms. The first-order valence-electron chi connectivity index (χ1n) is 7.92. The van der Waals surface area contributed by atoms with Gasteiger partial charge in [-0.3, -0.25) is 9.59 Å². The minimum atomic E-state index is -0.236. The minimum Gasteiger partial charge on any atom is -0.392 e. The smallest absolute Gasteiger partial charge is 0.232 e. The monoisotopic (exact) mass is 352 g/mol. The van der Waals surface area contributed by atoms with Crippen LogP contribution in [0.3, 0.4) is 0 Å². The number of amides is 2. The van der Waals surface area contributed by atoms with Crippen molar-refractivity contribution in [2.24, 2.45) is 0 Å². The van der Waals surface area contributed by atoms with E-state index in [-0.39, 0.29) is 30.9 Å². The molecule has 1 fully saturated rings. The Morgan fingerprint density at radius 1 is 1.46 bits per heavy atom. The molecule has 2 amide bonds. The molecule has 0 aliphatic carbocycles. The molecule has 6 nitrogen and oxygen atoms in total. The minimum absolute atomic E-state index is 0.0436. The summed E-state index contributed by atoms with van der Waals surface area (Å²) in [5.74, 6) is 0.295. The third-order valence-electron chi connectivity index (χ3n) is 4.13. The molecule has 0 spiro atoms. The Bertz CT molecular complexity index is 594. The summed E-state index contributed by atoms with van der Waals surface area (Å²) in [7, 11) is 0. The number of nitrogens with one attached hydrogen (secondary N) is 1. The van der Waals surface area contributed by atoms with Gasteiger partial charge < -0.3 is 20.1 Å². The molecule has 1 aliphatic rings. The number of carbonyl (C=O) groups is 2. The van der Waals surface area contributed by atoms with Gasteiger partial charge in [0.2, 0.25) is 11.8 Å². The Hall–Kier alpha value is -1.57. The van der Waals surface area contributed by atoms with Gasteiger partial charge in [-0.1, -0.05) is 12.1 Å². The van der Waals surface area contributed by atoms with E-state index in [4.69, 9.17) is 4.74 Å². The SMILES string of the molecule is CSCC(=O)N1CCOC[C@H]1CC(=O)Nc1cccc(CO)c1C. The van der Waals surface area contributed by atoms with Gasteiger partial charge in [0.25, 0.3) is 0 Å². The second-order valence-corrected chi connectivity index (χ2v) is 6.62. The van der Waals surface area contributed by atoms with Crippen molar-refractivity contribution in [2.75, 3.05) is 37.1 Å². The van der Waals surface area contributed by atoms with Crippen LogP contribution in [0.1, 0.15) is 17.5 Å². The molecule has 1 atom stereocenters. The number of thioether (sulfide) groups is 1. The fourth-order valence-corrected chi connectivity index (χ4v) is 3.18. The lowest BCUT2D eigenvalue weighted by atomic mass is 10.1. The van der Waals surface area contributed by atoms with Crippen molar-refractivity contribution < 1.29 is 19.4 Å². The van der Waals surface area contributed by atoms with Gasteiger partial charge in [-0.25, -0.2) is 0 Å². The van der Waals surface area contributed by atoms with Gasteiger partial charge in [0.05, 0.1) is 31.6 Å². The van der Waals surface area contributed by atoms with Crippen LogP contribution in [0.5, 0.6) is 0 Å². The molecule has 0 aromatic heterocycles. The summed E-state index contributed by atoms with van der Waals surface area (Å²) >= 11 is 1.48. The van der Waals surface area contributed by atoms with E-state index in [9.17, 15) is 14.7 Å². The number of nitrogens with zero attached hydrogens (tertiary/aromatic N) is 1. The molecule has 1 saturated heterocycles. The fourth-order valence-electron chi connectivity index (χ4n) is 2.76. The molecule has 2 N–H and O–H groups in total. The number of rotatable bonds is 6. The third kappa shape index (κ3) is 4.72. The zero-order valence-electron chi connectivity index (χ0n) is 14.1. The van der Waals surface area contributed by atoms with Crippen LogP contribution < -0.4 is 5.32 Å². The molecule has 0 saturated carbocycles. The number of morpholine rings is 1. The zero-order valence-corrected chi connectivity index (χ0v) is 14.9. The van der Waals surface area contributed by atoms with Crippen LogP contribution >= 0.6 is 11.8 Å². The molecule has 2 rings (SSSR count). The van der Waals surface area contributed by atoms with Crippen molar-refractivity contribution in [1.29, 1.82) is 0 Å². The fraction of sp³-hybridized carbons (Fsp3) is 0.529. The average molecular weight is 352 g/mol. The van der Waals surface area contributed by atoms with Gasteiger partial charge in [0.1, 0.15) is 0 Å². The molecule has 1 aromatic rings. The lowest BCUT2D eigenvalue weighted by Crippen LogP contribution is -2.50. The highest BCUT2D eigenvalue weighted by Crippen LogP contribution is 2.20. The molecular formula is C17H24N2O4S. The Morgan fingerprint density at radius 2 is 2.25 bits per heavy atom. The first kappa shape index (κ1) is 18.8. The maximum atomic E-state index is 12.4.